The Labute approximate surface area is 95.3 Å². The van der Waals surface area contributed by atoms with Crippen molar-refractivity contribution in [3.05, 3.63) is 23.8 Å². The fourth-order valence-electron chi connectivity index (χ4n) is 2.31. The Morgan fingerprint density at radius 2 is 2.25 bits per heavy atom. The molecule has 16 heavy (non-hydrogen) atoms. The number of hydrogen-bond acceptors (Lipinski definition) is 4. The van der Waals surface area contributed by atoms with Crippen LogP contribution in [0.15, 0.2) is 18.2 Å². The SMILES string of the molecule is CN1CCC(C(O)c2cccc(O)c2N)C1. The minimum absolute atomic E-state index is 0.0444. The van der Waals surface area contributed by atoms with Crippen LogP contribution in [0.5, 0.6) is 5.75 Å². The number of phenols is 1. The predicted octanol–water partition coefficient (Wildman–Crippen LogP) is 0.960. The first-order valence-corrected chi connectivity index (χ1v) is 5.53. The van der Waals surface area contributed by atoms with E-state index >= 15 is 0 Å². The van der Waals surface area contributed by atoms with Crippen LogP contribution in [0, 0.1) is 5.92 Å². The molecule has 0 radical (unpaired) electrons. The number of likely N-dealkylation sites (tertiary alicyclic amines) is 1. The maximum atomic E-state index is 10.2. The number of phenolic OH excluding ortho intramolecular Hbond substituents is 1. The third-order valence-corrected chi connectivity index (χ3v) is 3.31. The second-order valence-electron chi connectivity index (χ2n) is 4.54. The van der Waals surface area contributed by atoms with E-state index in [4.69, 9.17) is 5.73 Å². The van der Waals surface area contributed by atoms with Gasteiger partial charge in [-0.25, -0.2) is 0 Å². The third-order valence-electron chi connectivity index (χ3n) is 3.31. The summed E-state index contributed by atoms with van der Waals surface area (Å²) < 4.78 is 0. The molecule has 4 N–H and O–H groups in total. The summed E-state index contributed by atoms with van der Waals surface area (Å²) in [7, 11) is 2.04. The van der Waals surface area contributed by atoms with Gasteiger partial charge in [0.25, 0.3) is 0 Å². The first kappa shape index (κ1) is 11.2. The highest BCUT2D eigenvalue weighted by Gasteiger charge is 2.28. The van der Waals surface area contributed by atoms with E-state index in [0.29, 0.717) is 11.3 Å². The number of hydrogen-bond donors (Lipinski definition) is 3. The zero-order valence-electron chi connectivity index (χ0n) is 9.43. The molecule has 1 heterocycles. The highest BCUT2D eigenvalue weighted by Crippen LogP contribution is 2.35. The molecule has 1 aromatic rings. The number of benzene rings is 1. The van der Waals surface area contributed by atoms with Crippen molar-refractivity contribution in [3.63, 3.8) is 0 Å². The van der Waals surface area contributed by atoms with Gasteiger partial charge in [-0.2, -0.15) is 0 Å². The van der Waals surface area contributed by atoms with Crippen LogP contribution < -0.4 is 5.73 Å². The Morgan fingerprint density at radius 3 is 2.88 bits per heavy atom. The molecule has 0 aromatic heterocycles. The summed E-state index contributed by atoms with van der Waals surface area (Å²) in [5, 5.41) is 19.7. The summed E-state index contributed by atoms with van der Waals surface area (Å²) in [6.45, 7) is 1.87. The van der Waals surface area contributed by atoms with Gasteiger partial charge in [0.1, 0.15) is 5.75 Å². The van der Waals surface area contributed by atoms with Crippen LogP contribution in [0.3, 0.4) is 0 Å². The predicted molar refractivity (Wildman–Crippen MR) is 63.1 cm³/mol. The molecule has 0 amide bonds. The first-order valence-electron chi connectivity index (χ1n) is 5.53. The molecule has 1 saturated heterocycles. The number of para-hydroxylation sites is 1. The van der Waals surface area contributed by atoms with Crippen molar-refractivity contribution in [3.8, 4) is 5.75 Å². The van der Waals surface area contributed by atoms with Crippen molar-refractivity contribution in [2.45, 2.75) is 12.5 Å². The van der Waals surface area contributed by atoms with Crippen molar-refractivity contribution in [1.29, 1.82) is 0 Å². The molecular weight excluding hydrogens is 204 g/mol. The highest BCUT2D eigenvalue weighted by atomic mass is 16.3. The average Bonchev–Trinajstić information content (AvgIpc) is 2.68. The molecule has 0 spiro atoms. The summed E-state index contributed by atoms with van der Waals surface area (Å²) >= 11 is 0. The zero-order valence-corrected chi connectivity index (χ0v) is 9.43. The van der Waals surface area contributed by atoms with Crippen LogP contribution in [-0.4, -0.2) is 35.3 Å². The standard InChI is InChI=1S/C12H18N2O2/c1-14-6-5-8(7-14)12(16)9-3-2-4-10(15)11(9)13/h2-4,8,12,15-16H,5-7,13H2,1H3. The van der Waals surface area contributed by atoms with E-state index in [9.17, 15) is 10.2 Å². The fourth-order valence-corrected chi connectivity index (χ4v) is 2.31. The lowest BCUT2D eigenvalue weighted by molar-refractivity contribution is 0.113. The van der Waals surface area contributed by atoms with Gasteiger partial charge in [-0.15, -0.1) is 0 Å². The normalized spacial score (nSPS) is 23.5. The van der Waals surface area contributed by atoms with Gasteiger partial charge in [0.15, 0.2) is 0 Å². The minimum atomic E-state index is -0.586. The van der Waals surface area contributed by atoms with E-state index in [0.717, 1.165) is 19.5 Å². The van der Waals surface area contributed by atoms with Gasteiger partial charge in [0.2, 0.25) is 0 Å². The number of anilines is 1. The van der Waals surface area contributed by atoms with E-state index in [1.54, 1.807) is 12.1 Å². The number of nitrogen functional groups attached to an aromatic ring is 1. The molecular formula is C12H18N2O2. The quantitative estimate of drug-likeness (QED) is 0.515. The van der Waals surface area contributed by atoms with Crippen LogP contribution in [-0.2, 0) is 0 Å². The molecule has 4 nitrogen and oxygen atoms in total. The summed E-state index contributed by atoms with van der Waals surface area (Å²) in [6.07, 6.45) is 0.379. The molecule has 0 bridgehead atoms. The van der Waals surface area contributed by atoms with Crippen molar-refractivity contribution in [2.24, 2.45) is 5.92 Å². The Kier molecular flexibility index (Phi) is 3.03. The molecule has 2 rings (SSSR count). The Bertz CT molecular complexity index is 381. The molecule has 88 valence electrons. The van der Waals surface area contributed by atoms with Gasteiger partial charge < -0.3 is 20.8 Å². The van der Waals surface area contributed by atoms with Gasteiger partial charge in [-0.1, -0.05) is 12.1 Å². The van der Waals surface area contributed by atoms with E-state index < -0.39 is 6.10 Å². The first-order chi connectivity index (χ1) is 7.59. The van der Waals surface area contributed by atoms with Crippen LogP contribution in [0.25, 0.3) is 0 Å². The number of aliphatic hydroxyl groups excluding tert-OH is 1. The average molecular weight is 222 g/mol. The lowest BCUT2D eigenvalue weighted by atomic mass is 9.94. The van der Waals surface area contributed by atoms with E-state index in [1.807, 2.05) is 7.05 Å². The number of rotatable bonds is 2. The Morgan fingerprint density at radius 1 is 1.50 bits per heavy atom. The van der Waals surface area contributed by atoms with Crippen LogP contribution in [0.4, 0.5) is 5.69 Å². The third kappa shape index (κ3) is 1.99. The van der Waals surface area contributed by atoms with E-state index in [2.05, 4.69) is 4.90 Å². The number of nitrogens with two attached hydrogens (primary N) is 1. The van der Waals surface area contributed by atoms with Gasteiger partial charge in [0, 0.05) is 18.0 Å². The van der Waals surface area contributed by atoms with Gasteiger partial charge in [-0.3, -0.25) is 0 Å². The van der Waals surface area contributed by atoms with Crippen LogP contribution >= 0.6 is 0 Å². The second kappa shape index (κ2) is 4.31. The van der Waals surface area contributed by atoms with E-state index in [1.165, 1.54) is 6.07 Å². The van der Waals surface area contributed by atoms with Crippen molar-refractivity contribution < 1.29 is 10.2 Å². The molecule has 2 atom stereocenters. The number of aliphatic hydroxyl groups is 1. The monoisotopic (exact) mass is 222 g/mol. The molecule has 1 fully saturated rings. The summed E-state index contributed by atoms with van der Waals surface area (Å²) in [4.78, 5) is 2.19. The van der Waals surface area contributed by atoms with E-state index in [-0.39, 0.29) is 11.7 Å². The van der Waals surface area contributed by atoms with Crippen LogP contribution in [0.2, 0.25) is 0 Å². The molecule has 0 saturated carbocycles. The number of nitrogens with zero attached hydrogens (tertiary/aromatic N) is 1. The lowest BCUT2D eigenvalue weighted by Crippen LogP contribution is -2.19. The van der Waals surface area contributed by atoms with Gasteiger partial charge >= 0.3 is 0 Å². The van der Waals surface area contributed by atoms with Gasteiger partial charge in [0.05, 0.1) is 11.8 Å². The highest BCUT2D eigenvalue weighted by molar-refractivity contribution is 5.58. The van der Waals surface area contributed by atoms with Gasteiger partial charge in [-0.05, 0) is 26.1 Å². The van der Waals surface area contributed by atoms with Crippen molar-refractivity contribution in [2.75, 3.05) is 25.9 Å². The lowest BCUT2D eigenvalue weighted by Gasteiger charge is -2.20. The fraction of sp³-hybridized carbons (Fsp3) is 0.500. The minimum Gasteiger partial charge on any atom is -0.506 e. The maximum Gasteiger partial charge on any atom is 0.138 e. The zero-order chi connectivity index (χ0) is 11.7. The van der Waals surface area contributed by atoms with Crippen LogP contribution in [0.1, 0.15) is 18.1 Å². The molecule has 2 unspecified atom stereocenters. The second-order valence-corrected chi connectivity index (χ2v) is 4.54. The largest absolute Gasteiger partial charge is 0.506 e. The number of aromatic hydroxyl groups is 1. The molecule has 0 aliphatic carbocycles. The topological polar surface area (TPSA) is 69.7 Å². The smallest absolute Gasteiger partial charge is 0.138 e. The summed E-state index contributed by atoms with van der Waals surface area (Å²) in [5.41, 5.74) is 6.70. The Hall–Kier alpha value is -1.26. The molecule has 1 aliphatic heterocycles. The van der Waals surface area contributed by atoms with Crippen molar-refractivity contribution >= 4 is 5.69 Å². The molecule has 4 heteroatoms. The summed E-state index contributed by atoms with van der Waals surface area (Å²) in [5.74, 6) is 0.247. The molecule has 1 aliphatic rings. The summed E-state index contributed by atoms with van der Waals surface area (Å²) in [6, 6.07) is 5.02. The molecule has 1 aromatic carbocycles. The Balaban J connectivity index is 2.20. The maximum absolute atomic E-state index is 10.2. The van der Waals surface area contributed by atoms with Crippen molar-refractivity contribution in [1.82, 2.24) is 4.90 Å².